The average molecular weight is 388 g/mol. The largest absolute Gasteiger partial charge is 0.349 e. The summed E-state index contributed by atoms with van der Waals surface area (Å²) in [5.41, 5.74) is 1.30. The van der Waals surface area contributed by atoms with Crippen molar-refractivity contribution in [3.05, 3.63) is 64.4 Å². The highest BCUT2D eigenvalue weighted by Gasteiger charge is 2.24. The van der Waals surface area contributed by atoms with E-state index in [9.17, 15) is 9.59 Å². The van der Waals surface area contributed by atoms with Crippen molar-refractivity contribution < 1.29 is 9.59 Å². The van der Waals surface area contributed by atoms with E-state index in [2.05, 4.69) is 26.2 Å². The van der Waals surface area contributed by atoms with Gasteiger partial charge in [0.05, 0.1) is 0 Å². The number of carbonyl (C=O) groups excluding carboxylic acids is 2. The molecule has 2 heterocycles. The molecule has 0 aliphatic carbocycles. The number of benzene rings is 1. The monoisotopic (exact) mass is 387 g/mol. The van der Waals surface area contributed by atoms with E-state index in [1.807, 2.05) is 29.2 Å². The van der Waals surface area contributed by atoms with E-state index >= 15 is 0 Å². The third kappa shape index (κ3) is 4.00. The Balaban J connectivity index is 1.53. The minimum absolute atomic E-state index is 0.0430. The van der Waals surface area contributed by atoms with Crippen LogP contribution in [0.15, 0.2) is 53.3 Å². The molecule has 1 aromatic carbocycles. The molecular weight excluding hydrogens is 370 g/mol. The molecule has 24 heavy (non-hydrogen) atoms. The van der Waals surface area contributed by atoms with Crippen molar-refractivity contribution in [3.63, 3.8) is 0 Å². The van der Waals surface area contributed by atoms with E-state index < -0.39 is 0 Å². The van der Waals surface area contributed by atoms with Crippen LogP contribution in [0.3, 0.4) is 0 Å². The summed E-state index contributed by atoms with van der Waals surface area (Å²) in [6.07, 6.45) is 4.74. The van der Waals surface area contributed by atoms with E-state index in [4.69, 9.17) is 0 Å². The van der Waals surface area contributed by atoms with Gasteiger partial charge in [0, 0.05) is 47.1 Å². The molecule has 0 saturated carbocycles. The average Bonchev–Trinajstić information content (AvgIpc) is 2.63. The molecule has 3 rings (SSSR count). The molecule has 1 fully saturated rings. The van der Waals surface area contributed by atoms with Crippen LogP contribution in [0.5, 0.6) is 0 Å². The molecule has 0 radical (unpaired) electrons. The number of rotatable bonds is 3. The van der Waals surface area contributed by atoms with Gasteiger partial charge in [-0.25, -0.2) is 0 Å². The van der Waals surface area contributed by atoms with E-state index in [0.717, 1.165) is 17.3 Å². The highest BCUT2D eigenvalue weighted by atomic mass is 79.9. The number of nitrogens with zero attached hydrogens (tertiary/aromatic N) is 2. The zero-order valence-corrected chi connectivity index (χ0v) is 14.7. The minimum Gasteiger partial charge on any atom is -0.349 e. The maximum absolute atomic E-state index is 12.5. The van der Waals surface area contributed by atoms with E-state index in [-0.39, 0.29) is 17.9 Å². The van der Waals surface area contributed by atoms with Crippen LogP contribution in [0.25, 0.3) is 0 Å². The van der Waals surface area contributed by atoms with Crippen LogP contribution in [0, 0.1) is 0 Å². The number of carbonyl (C=O) groups is 2. The summed E-state index contributed by atoms with van der Waals surface area (Å²) in [5, 5.41) is 3.03. The number of likely N-dealkylation sites (tertiary alicyclic amines) is 1. The molecule has 5 nitrogen and oxygen atoms in total. The van der Waals surface area contributed by atoms with Crippen molar-refractivity contribution in [1.29, 1.82) is 0 Å². The second-order valence-electron chi connectivity index (χ2n) is 5.78. The second-order valence-corrected chi connectivity index (χ2v) is 6.70. The van der Waals surface area contributed by atoms with Crippen LogP contribution in [0.4, 0.5) is 0 Å². The van der Waals surface area contributed by atoms with Crippen molar-refractivity contribution in [1.82, 2.24) is 15.2 Å². The summed E-state index contributed by atoms with van der Waals surface area (Å²) in [6, 6.07) is 10.9. The zero-order valence-electron chi connectivity index (χ0n) is 13.1. The molecule has 1 aliphatic heterocycles. The topological polar surface area (TPSA) is 62.3 Å². The quantitative estimate of drug-likeness (QED) is 0.880. The second kappa shape index (κ2) is 7.57. The summed E-state index contributed by atoms with van der Waals surface area (Å²) in [5.74, 6) is -0.0449. The smallest absolute Gasteiger partial charge is 0.253 e. The Morgan fingerprint density at radius 2 is 1.62 bits per heavy atom. The van der Waals surface area contributed by atoms with Crippen molar-refractivity contribution >= 4 is 27.7 Å². The van der Waals surface area contributed by atoms with Gasteiger partial charge in [-0.2, -0.15) is 0 Å². The molecule has 1 aliphatic rings. The fraction of sp³-hybridized carbons (Fsp3) is 0.278. The zero-order chi connectivity index (χ0) is 16.9. The lowest BCUT2D eigenvalue weighted by Gasteiger charge is -2.32. The standard InChI is InChI=1S/C18H18BrN3O2/c19-15-3-1-14(2-4-15)18(24)22-11-7-16(8-12-22)21-17(23)13-5-9-20-10-6-13/h1-6,9-10,16H,7-8,11-12H2,(H,21,23). The van der Waals surface area contributed by atoms with Crippen molar-refractivity contribution in [2.24, 2.45) is 0 Å². The highest BCUT2D eigenvalue weighted by Crippen LogP contribution is 2.16. The molecule has 0 bridgehead atoms. The lowest BCUT2D eigenvalue weighted by atomic mass is 10.0. The van der Waals surface area contributed by atoms with Gasteiger partial charge in [-0.15, -0.1) is 0 Å². The summed E-state index contributed by atoms with van der Waals surface area (Å²) in [6.45, 7) is 1.30. The molecule has 0 atom stereocenters. The molecular formula is C18H18BrN3O2. The van der Waals surface area contributed by atoms with Gasteiger partial charge in [0.1, 0.15) is 0 Å². The predicted molar refractivity (Wildman–Crippen MR) is 94.8 cm³/mol. The van der Waals surface area contributed by atoms with Crippen LogP contribution in [0.2, 0.25) is 0 Å². The van der Waals surface area contributed by atoms with Crippen molar-refractivity contribution in [2.45, 2.75) is 18.9 Å². The Kier molecular flexibility index (Phi) is 5.25. The van der Waals surface area contributed by atoms with Crippen molar-refractivity contribution in [3.8, 4) is 0 Å². The third-order valence-electron chi connectivity index (χ3n) is 4.15. The predicted octanol–water partition coefficient (Wildman–Crippen LogP) is 2.88. The van der Waals surface area contributed by atoms with Gasteiger partial charge in [-0.05, 0) is 49.2 Å². The van der Waals surface area contributed by atoms with Gasteiger partial charge in [-0.1, -0.05) is 15.9 Å². The van der Waals surface area contributed by atoms with Gasteiger partial charge in [0.2, 0.25) is 0 Å². The fourth-order valence-electron chi connectivity index (χ4n) is 2.77. The van der Waals surface area contributed by atoms with Crippen LogP contribution in [-0.2, 0) is 0 Å². The number of nitrogens with one attached hydrogen (secondary N) is 1. The molecule has 2 amide bonds. The molecule has 0 unspecified atom stereocenters. The summed E-state index contributed by atoms with van der Waals surface area (Å²) < 4.78 is 0.955. The molecule has 1 aromatic heterocycles. The first-order chi connectivity index (χ1) is 11.6. The Bertz CT molecular complexity index is 711. The van der Waals surface area contributed by atoms with Crippen molar-refractivity contribution in [2.75, 3.05) is 13.1 Å². The number of halogens is 1. The van der Waals surface area contributed by atoms with Crippen LogP contribution < -0.4 is 5.32 Å². The number of aromatic nitrogens is 1. The molecule has 6 heteroatoms. The lowest BCUT2D eigenvalue weighted by molar-refractivity contribution is 0.0698. The van der Waals surface area contributed by atoms with Crippen LogP contribution in [0.1, 0.15) is 33.6 Å². The van der Waals surface area contributed by atoms with Gasteiger partial charge in [0.25, 0.3) is 11.8 Å². The number of hydrogen-bond donors (Lipinski definition) is 1. The lowest BCUT2D eigenvalue weighted by Crippen LogP contribution is -2.46. The summed E-state index contributed by atoms with van der Waals surface area (Å²) >= 11 is 3.37. The Labute approximate surface area is 149 Å². The maximum Gasteiger partial charge on any atom is 0.253 e. The highest BCUT2D eigenvalue weighted by molar-refractivity contribution is 9.10. The summed E-state index contributed by atoms with van der Waals surface area (Å²) in [7, 11) is 0. The van der Waals surface area contributed by atoms with Gasteiger partial charge < -0.3 is 10.2 Å². The molecule has 2 aromatic rings. The fourth-order valence-corrected chi connectivity index (χ4v) is 3.04. The van der Waals surface area contributed by atoms with Crippen LogP contribution >= 0.6 is 15.9 Å². The maximum atomic E-state index is 12.5. The van der Waals surface area contributed by atoms with Gasteiger partial charge in [-0.3, -0.25) is 14.6 Å². The molecule has 124 valence electrons. The Morgan fingerprint density at radius 3 is 2.25 bits per heavy atom. The van der Waals surface area contributed by atoms with Crippen LogP contribution in [-0.4, -0.2) is 40.8 Å². The normalized spacial score (nSPS) is 15.1. The first-order valence-corrected chi connectivity index (χ1v) is 8.68. The first kappa shape index (κ1) is 16.6. The Hall–Kier alpha value is -2.21. The van der Waals surface area contributed by atoms with Gasteiger partial charge in [0.15, 0.2) is 0 Å². The summed E-state index contributed by atoms with van der Waals surface area (Å²) in [4.78, 5) is 30.4. The molecule has 1 saturated heterocycles. The molecule has 1 N–H and O–H groups in total. The minimum atomic E-state index is -0.0879. The number of piperidine rings is 1. The number of hydrogen-bond acceptors (Lipinski definition) is 3. The van der Waals surface area contributed by atoms with E-state index in [0.29, 0.717) is 24.2 Å². The molecule has 0 spiro atoms. The number of amides is 2. The Morgan fingerprint density at radius 1 is 1.00 bits per heavy atom. The SMILES string of the molecule is O=C(NC1CCN(C(=O)c2ccc(Br)cc2)CC1)c1ccncc1. The first-order valence-electron chi connectivity index (χ1n) is 7.89. The number of pyridine rings is 1. The third-order valence-corrected chi connectivity index (χ3v) is 4.68. The van der Waals surface area contributed by atoms with E-state index in [1.54, 1.807) is 24.5 Å². The van der Waals surface area contributed by atoms with Gasteiger partial charge >= 0.3 is 0 Å². The van der Waals surface area contributed by atoms with E-state index in [1.165, 1.54) is 0 Å².